The molecule has 0 fully saturated rings. The molecule has 0 unspecified atom stereocenters. The number of carbonyl (C=O) groups is 1. The van der Waals surface area contributed by atoms with Crippen molar-refractivity contribution in [1.29, 1.82) is 0 Å². The van der Waals surface area contributed by atoms with E-state index in [1.807, 2.05) is 12.1 Å². The summed E-state index contributed by atoms with van der Waals surface area (Å²) in [5, 5.41) is 5.95. The Hall–Kier alpha value is -3.21. The minimum Gasteiger partial charge on any atom is -0.354 e. The van der Waals surface area contributed by atoms with Gasteiger partial charge in [0.15, 0.2) is 0 Å². The van der Waals surface area contributed by atoms with Gasteiger partial charge in [0.25, 0.3) is 5.91 Å². The number of aromatic nitrogens is 1. The van der Waals surface area contributed by atoms with E-state index in [0.717, 1.165) is 12.1 Å². The van der Waals surface area contributed by atoms with E-state index in [0.29, 0.717) is 16.8 Å². The van der Waals surface area contributed by atoms with Crippen LogP contribution in [-0.2, 0) is 13.0 Å². The third kappa shape index (κ3) is 4.45. The molecule has 2 N–H and O–H groups in total. The van der Waals surface area contributed by atoms with Crippen LogP contribution in [0.4, 0.5) is 15.8 Å². The van der Waals surface area contributed by atoms with Crippen molar-refractivity contribution in [1.82, 2.24) is 10.3 Å². The van der Waals surface area contributed by atoms with Crippen molar-refractivity contribution in [3.63, 3.8) is 0 Å². The van der Waals surface area contributed by atoms with Crippen LogP contribution in [0.5, 0.6) is 0 Å². The maximum absolute atomic E-state index is 13.6. The van der Waals surface area contributed by atoms with Crippen molar-refractivity contribution in [2.45, 2.75) is 19.9 Å². The molecule has 0 radical (unpaired) electrons. The number of benzene rings is 2. The van der Waals surface area contributed by atoms with E-state index >= 15 is 0 Å². The Morgan fingerprint density at radius 2 is 1.81 bits per heavy atom. The van der Waals surface area contributed by atoms with E-state index in [4.69, 9.17) is 0 Å². The Balaban J connectivity index is 1.66. The van der Waals surface area contributed by atoms with Gasteiger partial charge in [0.2, 0.25) is 0 Å². The van der Waals surface area contributed by atoms with Gasteiger partial charge >= 0.3 is 0 Å². The summed E-state index contributed by atoms with van der Waals surface area (Å²) in [6.07, 6.45) is 4.13. The van der Waals surface area contributed by atoms with Crippen LogP contribution < -0.4 is 10.6 Å². The second kappa shape index (κ2) is 8.25. The third-order valence-corrected chi connectivity index (χ3v) is 4.05. The zero-order valence-electron chi connectivity index (χ0n) is 14.5. The van der Waals surface area contributed by atoms with Crippen molar-refractivity contribution < 1.29 is 9.18 Å². The summed E-state index contributed by atoms with van der Waals surface area (Å²) in [6, 6.07) is 16.2. The number of halogens is 1. The highest BCUT2D eigenvalue weighted by molar-refractivity contribution is 5.94. The lowest BCUT2D eigenvalue weighted by molar-refractivity contribution is 0.0950. The molecule has 5 heteroatoms. The van der Waals surface area contributed by atoms with Crippen molar-refractivity contribution in [3.8, 4) is 0 Å². The molecule has 0 bridgehead atoms. The molecule has 1 amide bonds. The number of hydrogen-bond acceptors (Lipinski definition) is 3. The summed E-state index contributed by atoms with van der Waals surface area (Å²) in [4.78, 5) is 16.4. The van der Waals surface area contributed by atoms with Gasteiger partial charge in [-0.1, -0.05) is 37.3 Å². The first-order valence-corrected chi connectivity index (χ1v) is 8.48. The molecule has 0 aliphatic heterocycles. The molecule has 0 atom stereocenters. The quantitative estimate of drug-likeness (QED) is 0.691. The van der Waals surface area contributed by atoms with Gasteiger partial charge in [-0.3, -0.25) is 9.78 Å². The first-order chi connectivity index (χ1) is 12.7. The smallest absolute Gasteiger partial charge is 0.253 e. The molecule has 26 heavy (non-hydrogen) atoms. The molecule has 1 heterocycles. The molecule has 0 saturated heterocycles. The fourth-order valence-electron chi connectivity index (χ4n) is 2.54. The van der Waals surface area contributed by atoms with Gasteiger partial charge in [0.1, 0.15) is 5.82 Å². The minimum absolute atomic E-state index is 0.127. The second-order valence-electron chi connectivity index (χ2n) is 5.91. The van der Waals surface area contributed by atoms with Crippen LogP contribution in [-0.4, -0.2) is 10.9 Å². The predicted octanol–water partition coefficient (Wildman–Crippen LogP) is 4.46. The SMILES string of the molecule is CCc1ccc(Nc2cncc(C(=O)NCc3ccccc3F)c2)cc1. The fourth-order valence-corrected chi connectivity index (χ4v) is 2.54. The van der Waals surface area contributed by atoms with Crippen molar-refractivity contribution in [2.75, 3.05) is 5.32 Å². The highest BCUT2D eigenvalue weighted by atomic mass is 19.1. The number of pyridine rings is 1. The molecule has 2 aromatic carbocycles. The largest absolute Gasteiger partial charge is 0.354 e. The highest BCUT2D eigenvalue weighted by Gasteiger charge is 2.08. The molecule has 0 aliphatic rings. The third-order valence-electron chi connectivity index (χ3n) is 4.05. The van der Waals surface area contributed by atoms with Gasteiger partial charge in [-0.2, -0.15) is 0 Å². The summed E-state index contributed by atoms with van der Waals surface area (Å²) in [5.41, 5.74) is 3.76. The maximum Gasteiger partial charge on any atom is 0.253 e. The lowest BCUT2D eigenvalue weighted by Gasteiger charge is -2.09. The lowest BCUT2D eigenvalue weighted by Crippen LogP contribution is -2.23. The Bertz CT molecular complexity index is 894. The molecule has 3 aromatic rings. The molecule has 132 valence electrons. The van der Waals surface area contributed by atoms with Crippen LogP contribution in [0.2, 0.25) is 0 Å². The number of aryl methyl sites for hydroxylation is 1. The normalized spacial score (nSPS) is 10.4. The predicted molar refractivity (Wildman–Crippen MR) is 101 cm³/mol. The fraction of sp³-hybridized carbons (Fsp3) is 0.143. The standard InChI is InChI=1S/C21H20FN3O/c1-2-15-7-9-18(10-8-15)25-19-11-17(12-23-14-19)21(26)24-13-16-5-3-4-6-20(16)22/h3-12,14,25H,2,13H2,1H3,(H,24,26). The van der Waals surface area contributed by atoms with Crippen molar-refractivity contribution in [2.24, 2.45) is 0 Å². The molecular weight excluding hydrogens is 329 g/mol. The van der Waals surface area contributed by atoms with Crippen LogP contribution in [0.25, 0.3) is 0 Å². The highest BCUT2D eigenvalue weighted by Crippen LogP contribution is 2.18. The summed E-state index contributed by atoms with van der Waals surface area (Å²) in [6.45, 7) is 2.23. The summed E-state index contributed by atoms with van der Waals surface area (Å²) in [5.74, 6) is -0.636. The van der Waals surface area contributed by atoms with Crippen LogP contribution >= 0.6 is 0 Å². The van der Waals surface area contributed by atoms with Crippen molar-refractivity contribution in [3.05, 3.63) is 89.5 Å². The number of hydrogen-bond donors (Lipinski definition) is 2. The lowest BCUT2D eigenvalue weighted by atomic mass is 10.1. The van der Waals surface area contributed by atoms with Gasteiger partial charge in [0, 0.05) is 24.0 Å². The Labute approximate surface area is 152 Å². The van der Waals surface area contributed by atoms with E-state index < -0.39 is 0 Å². The van der Waals surface area contributed by atoms with Crippen LogP contribution in [0.3, 0.4) is 0 Å². The topological polar surface area (TPSA) is 54.0 Å². The zero-order chi connectivity index (χ0) is 18.4. The summed E-state index contributed by atoms with van der Waals surface area (Å²) in [7, 11) is 0. The number of anilines is 2. The van der Waals surface area contributed by atoms with E-state index in [9.17, 15) is 9.18 Å². The van der Waals surface area contributed by atoms with E-state index in [1.54, 1.807) is 30.5 Å². The van der Waals surface area contributed by atoms with Gasteiger partial charge in [-0.25, -0.2) is 4.39 Å². The molecule has 1 aromatic heterocycles. The summed E-state index contributed by atoms with van der Waals surface area (Å²) < 4.78 is 13.6. The minimum atomic E-state index is -0.336. The second-order valence-corrected chi connectivity index (χ2v) is 5.91. The number of nitrogens with one attached hydrogen (secondary N) is 2. The van der Waals surface area contributed by atoms with E-state index in [-0.39, 0.29) is 18.3 Å². The first kappa shape index (κ1) is 17.6. The van der Waals surface area contributed by atoms with E-state index in [1.165, 1.54) is 17.8 Å². The van der Waals surface area contributed by atoms with Crippen LogP contribution in [0.1, 0.15) is 28.4 Å². The number of amides is 1. The first-order valence-electron chi connectivity index (χ1n) is 8.48. The van der Waals surface area contributed by atoms with Crippen LogP contribution in [0, 0.1) is 5.82 Å². The Kier molecular flexibility index (Phi) is 5.59. The average Bonchev–Trinajstić information content (AvgIpc) is 2.68. The molecule has 4 nitrogen and oxygen atoms in total. The van der Waals surface area contributed by atoms with Crippen molar-refractivity contribution >= 4 is 17.3 Å². The number of rotatable bonds is 6. The molecule has 0 saturated carbocycles. The van der Waals surface area contributed by atoms with Gasteiger partial charge in [-0.15, -0.1) is 0 Å². The number of nitrogens with zero attached hydrogens (tertiary/aromatic N) is 1. The zero-order valence-corrected chi connectivity index (χ0v) is 14.5. The molecule has 0 aliphatic carbocycles. The molecule has 3 rings (SSSR count). The average molecular weight is 349 g/mol. The summed E-state index contributed by atoms with van der Waals surface area (Å²) >= 11 is 0. The number of carbonyl (C=O) groups excluding carboxylic acids is 1. The van der Waals surface area contributed by atoms with Gasteiger partial charge in [0.05, 0.1) is 17.4 Å². The van der Waals surface area contributed by atoms with Gasteiger partial charge < -0.3 is 10.6 Å². The van der Waals surface area contributed by atoms with Gasteiger partial charge in [-0.05, 0) is 36.2 Å². The van der Waals surface area contributed by atoms with Crippen LogP contribution in [0.15, 0.2) is 67.0 Å². The monoisotopic (exact) mass is 349 g/mol. The molecule has 0 spiro atoms. The maximum atomic E-state index is 13.6. The Morgan fingerprint density at radius 3 is 2.54 bits per heavy atom. The van der Waals surface area contributed by atoms with E-state index in [2.05, 4.69) is 34.7 Å². The molecular formula is C21H20FN3O. The Morgan fingerprint density at radius 1 is 1.04 bits per heavy atom.